The lowest BCUT2D eigenvalue weighted by molar-refractivity contribution is -0.396. The zero-order chi connectivity index (χ0) is 17.2. The van der Waals surface area contributed by atoms with Gasteiger partial charge in [0.2, 0.25) is 5.79 Å². The molecule has 130 valence electrons. The number of carbonyl (C=O) groups is 2. The summed E-state index contributed by atoms with van der Waals surface area (Å²) in [7, 11) is 0. The maximum atomic E-state index is 11.9. The molecule has 8 nitrogen and oxygen atoms in total. The topological polar surface area (TPSA) is 112 Å². The van der Waals surface area contributed by atoms with Crippen molar-refractivity contribution in [2.45, 2.75) is 52.1 Å². The average Bonchev–Trinajstić information content (AvgIpc) is 2.44. The summed E-state index contributed by atoms with van der Waals surface area (Å²) in [6.45, 7) is 6.79. The highest BCUT2D eigenvalue weighted by atomic mass is 16.8. The zero-order valence-corrected chi connectivity index (χ0v) is 13.6. The van der Waals surface area contributed by atoms with E-state index in [0.717, 1.165) is 0 Å². The van der Waals surface area contributed by atoms with E-state index in [1.54, 1.807) is 27.7 Å². The third-order valence-corrected chi connectivity index (χ3v) is 2.90. The summed E-state index contributed by atoms with van der Waals surface area (Å²) in [6.07, 6.45) is -0.578. The van der Waals surface area contributed by atoms with Gasteiger partial charge < -0.3 is 29.2 Å². The SMILES string of the molecule is CCOC(CCC(=O)O)(OCC)C(OCC)(OCC)C(=O)O. The van der Waals surface area contributed by atoms with Crippen LogP contribution in [0.4, 0.5) is 0 Å². The second-order valence-electron chi connectivity index (χ2n) is 4.30. The van der Waals surface area contributed by atoms with Gasteiger partial charge in [-0.1, -0.05) is 0 Å². The number of hydrogen-bond acceptors (Lipinski definition) is 6. The summed E-state index contributed by atoms with van der Waals surface area (Å²) in [4.78, 5) is 22.8. The van der Waals surface area contributed by atoms with Crippen LogP contribution in [0.5, 0.6) is 0 Å². The molecule has 0 radical (unpaired) electrons. The van der Waals surface area contributed by atoms with E-state index in [2.05, 4.69) is 0 Å². The highest BCUT2D eigenvalue weighted by molar-refractivity contribution is 5.77. The van der Waals surface area contributed by atoms with Gasteiger partial charge in [0.15, 0.2) is 0 Å². The van der Waals surface area contributed by atoms with Crippen molar-refractivity contribution in [3.63, 3.8) is 0 Å². The van der Waals surface area contributed by atoms with Crippen molar-refractivity contribution in [3.05, 3.63) is 0 Å². The van der Waals surface area contributed by atoms with Crippen LogP contribution in [-0.2, 0) is 28.5 Å². The number of aliphatic carboxylic acids is 2. The maximum Gasteiger partial charge on any atom is 0.370 e. The van der Waals surface area contributed by atoms with Crippen LogP contribution >= 0.6 is 0 Å². The van der Waals surface area contributed by atoms with Crippen LogP contribution in [-0.4, -0.2) is 60.2 Å². The van der Waals surface area contributed by atoms with E-state index < -0.39 is 23.5 Å². The Hall–Kier alpha value is -1.22. The summed E-state index contributed by atoms with van der Waals surface area (Å²) in [5, 5.41) is 18.6. The van der Waals surface area contributed by atoms with E-state index in [1.165, 1.54) is 0 Å². The highest BCUT2D eigenvalue weighted by Gasteiger charge is 2.62. The van der Waals surface area contributed by atoms with Gasteiger partial charge in [-0.15, -0.1) is 0 Å². The van der Waals surface area contributed by atoms with Crippen LogP contribution in [0.15, 0.2) is 0 Å². The number of carboxylic acids is 2. The van der Waals surface area contributed by atoms with Crippen molar-refractivity contribution < 1.29 is 38.7 Å². The molecular formula is C14H26O8. The van der Waals surface area contributed by atoms with Crippen LogP contribution in [0.25, 0.3) is 0 Å². The van der Waals surface area contributed by atoms with Crippen molar-refractivity contribution in [1.82, 2.24) is 0 Å². The predicted octanol–water partition coefficient (Wildman–Crippen LogP) is 1.47. The molecular weight excluding hydrogens is 296 g/mol. The number of ether oxygens (including phenoxy) is 4. The lowest BCUT2D eigenvalue weighted by atomic mass is 9.98. The normalized spacial score (nSPS) is 12.4. The fraction of sp³-hybridized carbons (Fsp3) is 0.857. The van der Waals surface area contributed by atoms with Crippen molar-refractivity contribution in [2.75, 3.05) is 26.4 Å². The summed E-state index contributed by atoms with van der Waals surface area (Å²) in [5.41, 5.74) is 0. The van der Waals surface area contributed by atoms with E-state index in [9.17, 15) is 14.7 Å². The molecule has 2 N–H and O–H groups in total. The van der Waals surface area contributed by atoms with Gasteiger partial charge in [0, 0.05) is 32.8 Å². The third-order valence-electron chi connectivity index (χ3n) is 2.90. The standard InChI is InChI=1S/C14H26O8/c1-5-19-13(20-6-2,10-9-11(15)16)14(12(17)18,21-7-3)22-8-4/h5-10H2,1-4H3,(H,15,16)(H,17,18). The van der Waals surface area contributed by atoms with Crippen LogP contribution in [0.3, 0.4) is 0 Å². The Bertz CT molecular complexity index is 343. The number of carboxylic acid groups (broad SMARTS) is 2. The lowest BCUT2D eigenvalue weighted by Crippen LogP contribution is -2.65. The molecule has 0 heterocycles. The summed E-state index contributed by atoms with van der Waals surface area (Å²) in [5.74, 6) is -6.62. The second-order valence-corrected chi connectivity index (χ2v) is 4.30. The molecule has 0 spiro atoms. The van der Waals surface area contributed by atoms with Crippen molar-refractivity contribution in [1.29, 1.82) is 0 Å². The first-order valence-electron chi connectivity index (χ1n) is 7.36. The van der Waals surface area contributed by atoms with Gasteiger partial charge in [0.1, 0.15) is 0 Å². The molecule has 0 saturated carbocycles. The molecule has 0 unspecified atom stereocenters. The van der Waals surface area contributed by atoms with Crippen LogP contribution in [0.2, 0.25) is 0 Å². The van der Waals surface area contributed by atoms with E-state index in [-0.39, 0.29) is 39.3 Å². The molecule has 0 bridgehead atoms. The van der Waals surface area contributed by atoms with Gasteiger partial charge in [0.05, 0.1) is 6.42 Å². The van der Waals surface area contributed by atoms with E-state index >= 15 is 0 Å². The second kappa shape index (κ2) is 9.73. The largest absolute Gasteiger partial charge is 0.481 e. The molecule has 22 heavy (non-hydrogen) atoms. The lowest BCUT2D eigenvalue weighted by Gasteiger charge is -2.45. The predicted molar refractivity (Wildman–Crippen MR) is 76.5 cm³/mol. The minimum atomic E-state index is -2.24. The van der Waals surface area contributed by atoms with Gasteiger partial charge in [0.25, 0.3) is 0 Å². The van der Waals surface area contributed by atoms with Crippen LogP contribution < -0.4 is 0 Å². The monoisotopic (exact) mass is 322 g/mol. The quantitative estimate of drug-likeness (QED) is 0.490. The molecule has 0 aromatic rings. The Morgan fingerprint density at radius 1 is 0.818 bits per heavy atom. The van der Waals surface area contributed by atoms with E-state index in [1.807, 2.05) is 0 Å². The molecule has 0 aromatic carbocycles. The molecule has 8 heteroatoms. The van der Waals surface area contributed by atoms with Crippen LogP contribution in [0.1, 0.15) is 40.5 Å². The Balaban J connectivity index is 5.95. The summed E-state index contributed by atoms with van der Waals surface area (Å²) >= 11 is 0. The van der Waals surface area contributed by atoms with Gasteiger partial charge in [-0.2, -0.15) is 0 Å². The Labute approximate surface area is 130 Å². The molecule has 0 aliphatic carbocycles. The first kappa shape index (κ1) is 20.8. The fourth-order valence-corrected chi connectivity index (χ4v) is 2.23. The molecule has 0 atom stereocenters. The van der Waals surface area contributed by atoms with Crippen molar-refractivity contribution >= 4 is 11.9 Å². The first-order chi connectivity index (χ1) is 10.4. The molecule has 0 saturated heterocycles. The first-order valence-corrected chi connectivity index (χ1v) is 7.36. The summed E-state index contributed by atoms with van der Waals surface area (Å²) < 4.78 is 21.8. The minimum Gasteiger partial charge on any atom is -0.481 e. The van der Waals surface area contributed by atoms with Gasteiger partial charge >= 0.3 is 17.7 Å². The highest BCUT2D eigenvalue weighted by Crippen LogP contribution is 2.37. The Kier molecular flexibility index (Phi) is 9.19. The maximum absolute atomic E-state index is 11.9. The smallest absolute Gasteiger partial charge is 0.370 e. The van der Waals surface area contributed by atoms with E-state index in [4.69, 9.17) is 24.1 Å². The molecule has 0 aliphatic heterocycles. The number of hydrogen-bond donors (Lipinski definition) is 2. The minimum absolute atomic E-state index is 0.0290. The zero-order valence-electron chi connectivity index (χ0n) is 13.6. The molecule has 0 rings (SSSR count). The Morgan fingerprint density at radius 2 is 1.23 bits per heavy atom. The molecule has 0 fully saturated rings. The van der Waals surface area contributed by atoms with Crippen molar-refractivity contribution in [3.8, 4) is 0 Å². The van der Waals surface area contributed by atoms with E-state index in [0.29, 0.717) is 0 Å². The van der Waals surface area contributed by atoms with Gasteiger partial charge in [-0.05, 0) is 27.7 Å². The van der Waals surface area contributed by atoms with Crippen molar-refractivity contribution in [2.24, 2.45) is 0 Å². The average molecular weight is 322 g/mol. The van der Waals surface area contributed by atoms with Gasteiger partial charge in [-0.3, -0.25) is 4.79 Å². The van der Waals surface area contributed by atoms with Gasteiger partial charge in [-0.25, -0.2) is 4.79 Å². The fourth-order valence-electron chi connectivity index (χ4n) is 2.23. The molecule has 0 amide bonds. The Morgan fingerprint density at radius 3 is 1.50 bits per heavy atom. The summed E-state index contributed by atoms with van der Waals surface area (Å²) in [6, 6.07) is 0. The third kappa shape index (κ3) is 4.64. The van der Waals surface area contributed by atoms with Crippen LogP contribution in [0, 0.1) is 0 Å². The number of rotatable bonds is 13. The molecule has 0 aliphatic rings. The molecule has 0 aromatic heterocycles.